The number of hydrogen-bond acceptors (Lipinski definition) is 6. The van der Waals surface area contributed by atoms with Crippen LogP contribution in [0.5, 0.6) is 11.5 Å². The molecule has 0 amide bonds. The molecule has 4 aromatic carbocycles. The Hall–Kier alpha value is -5.32. The number of nitrogens with zero attached hydrogens (tertiary/aromatic N) is 5. The molecule has 0 spiro atoms. The van der Waals surface area contributed by atoms with Crippen molar-refractivity contribution in [3.05, 3.63) is 149 Å². The number of aryl methyl sites for hydroxylation is 3. The summed E-state index contributed by atoms with van der Waals surface area (Å²) in [6, 6.07) is 38.3. The van der Waals surface area contributed by atoms with Gasteiger partial charge in [-0.15, -0.1) is 41.0 Å². The summed E-state index contributed by atoms with van der Waals surface area (Å²) >= 11 is 0. The molecule has 0 N–H and O–H groups in total. The van der Waals surface area contributed by atoms with Gasteiger partial charge in [0.2, 0.25) is 0 Å². The minimum atomic E-state index is -0.191. The first kappa shape index (κ1) is 43.3. The van der Waals surface area contributed by atoms with Crippen LogP contribution in [0.4, 0.5) is 0 Å². The van der Waals surface area contributed by atoms with E-state index in [-0.39, 0.29) is 37.3 Å². The quantitative estimate of drug-likeness (QED) is 0.148. The molecule has 6 nitrogen and oxygen atoms in total. The number of aromatic nitrogens is 5. The molecule has 0 atom stereocenters. The van der Waals surface area contributed by atoms with Crippen molar-refractivity contribution in [1.82, 2.24) is 24.9 Å². The summed E-state index contributed by atoms with van der Waals surface area (Å²) in [7, 11) is 0. The summed E-state index contributed by atoms with van der Waals surface area (Å²) < 4.78 is 6.46. The fourth-order valence-electron chi connectivity index (χ4n) is 6.95. The molecule has 7 aromatic rings. The molecule has 0 radical (unpaired) electrons. The molecule has 0 aliphatic heterocycles. The Bertz CT molecular complexity index is 2560. The number of rotatable bonds is 7. The van der Waals surface area contributed by atoms with Crippen molar-refractivity contribution in [2.45, 2.75) is 99.3 Å². The molecule has 0 aliphatic carbocycles. The second-order valence-electron chi connectivity index (χ2n) is 18.4. The van der Waals surface area contributed by atoms with Gasteiger partial charge < -0.3 is 14.7 Å². The largest absolute Gasteiger partial charge is 2.00 e. The fourth-order valence-corrected chi connectivity index (χ4v) is 6.95. The van der Waals surface area contributed by atoms with E-state index in [4.69, 9.17) is 24.7 Å². The number of pyridine rings is 2. The smallest absolute Gasteiger partial charge is 0.497 e. The molecule has 7 heteroatoms. The summed E-state index contributed by atoms with van der Waals surface area (Å²) in [5.74, 6) is 3.53. The molecule has 3 aromatic heterocycles. The topological polar surface area (TPSA) is 73.7 Å². The van der Waals surface area contributed by atoms with Gasteiger partial charge in [-0.1, -0.05) is 135 Å². The molecule has 302 valence electrons. The van der Waals surface area contributed by atoms with Gasteiger partial charge in [-0.3, -0.25) is 0 Å². The molecule has 0 aliphatic rings. The molecule has 0 fully saturated rings. The fraction of sp³-hybridized carbons (Fsp3) is 0.288. The average molecular weight is 959 g/mol. The normalized spacial score (nSPS) is 11.9. The van der Waals surface area contributed by atoms with Crippen molar-refractivity contribution in [2.75, 3.05) is 0 Å². The van der Waals surface area contributed by atoms with E-state index in [1.807, 2.05) is 42.6 Å². The Morgan fingerprint density at radius 1 is 0.508 bits per heavy atom. The van der Waals surface area contributed by atoms with Crippen LogP contribution in [0.15, 0.2) is 103 Å². The Morgan fingerprint density at radius 2 is 1.14 bits per heavy atom. The van der Waals surface area contributed by atoms with E-state index in [1.54, 1.807) is 6.20 Å². The molecule has 0 saturated heterocycles. The van der Waals surface area contributed by atoms with Crippen molar-refractivity contribution in [2.24, 2.45) is 0 Å². The van der Waals surface area contributed by atoms with Gasteiger partial charge in [0, 0.05) is 40.3 Å². The van der Waals surface area contributed by atoms with E-state index in [0.717, 1.165) is 67.5 Å². The van der Waals surface area contributed by atoms with Crippen LogP contribution in [-0.4, -0.2) is 24.9 Å². The zero-order valence-electron chi connectivity index (χ0n) is 36.3. The van der Waals surface area contributed by atoms with E-state index in [1.165, 1.54) is 16.7 Å². The Morgan fingerprint density at radius 3 is 1.73 bits per heavy atom. The molecule has 0 saturated carbocycles. The number of hydrogen-bond donors (Lipinski definition) is 0. The maximum Gasteiger partial charge on any atom is 2.00 e. The predicted molar refractivity (Wildman–Crippen MR) is 237 cm³/mol. The maximum absolute atomic E-state index is 6.46. The van der Waals surface area contributed by atoms with Gasteiger partial charge in [0.25, 0.3) is 0 Å². The average Bonchev–Trinajstić information content (AvgIpc) is 3.17. The van der Waals surface area contributed by atoms with Gasteiger partial charge in [-0.25, -0.2) is 15.0 Å². The maximum atomic E-state index is 6.46. The summed E-state index contributed by atoms with van der Waals surface area (Å²) in [5.41, 5.74) is 13.2. The molecular formula is C52H53N5OPt. The van der Waals surface area contributed by atoms with Crippen LogP contribution < -0.4 is 4.74 Å². The van der Waals surface area contributed by atoms with Gasteiger partial charge in [-0.2, -0.15) is 0 Å². The van der Waals surface area contributed by atoms with Crippen molar-refractivity contribution < 1.29 is 25.8 Å². The first-order valence-electron chi connectivity index (χ1n) is 20.0. The SMILES string of the molecule is Cc1cnc(-c2[c-]c(Oc3[c-]c(-c4ccccn4)cc(C(C)(C)C)c3)ccc2)cc1-c1c(C)cc(-c2ccc(-c3nc(C(C)(C)C)nc(C(C)(C)C)n3)cc2)cc1C.[Pt+2]. The van der Waals surface area contributed by atoms with Crippen LogP contribution in [0, 0.1) is 32.9 Å². The van der Waals surface area contributed by atoms with Gasteiger partial charge in [0.1, 0.15) is 11.6 Å². The van der Waals surface area contributed by atoms with Crippen LogP contribution in [0.1, 0.15) is 96.2 Å². The molecular weight excluding hydrogens is 906 g/mol. The molecule has 3 heterocycles. The summed E-state index contributed by atoms with van der Waals surface area (Å²) in [6.45, 7) is 25.9. The van der Waals surface area contributed by atoms with Crippen LogP contribution in [0.2, 0.25) is 0 Å². The van der Waals surface area contributed by atoms with E-state index >= 15 is 0 Å². The van der Waals surface area contributed by atoms with E-state index < -0.39 is 0 Å². The third kappa shape index (κ3) is 9.77. The van der Waals surface area contributed by atoms with Crippen LogP contribution in [-0.2, 0) is 37.3 Å². The second kappa shape index (κ2) is 16.7. The summed E-state index contributed by atoms with van der Waals surface area (Å²) in [6.07, 6.45) is 3.75. The van der Waals surface area contributed by atoms with Crippen molar-refractivity contribution in [3.8, 4) is 67.7 Å². The molecule has 0 unspecified atom stereocenters. The first-order valence-corrected chi connectivity index (χ1v) is 20.0. The van der Waals surface area contributed by atoms with E-state index in [9.17, 15) is 0 Å². The second-order valence-corrected chi connectivity index (χ2v) is 18.4. The van der Waals surface area contributed by atoms with E-state index in [2.05, 4.69) is 155 Å². The van der Waals surface area contributed by atoms with Gasteiger partial charge in [-0.05, 0) is 82.6 Å². The predicted octanol–water partition coefficient (Wildman–Crippen LogP) is 13.2. The Kier molecular flexibility index (Phi) is 12.3. The minimum absolute atomic E-state index is 0. The van der Waals surface area contributed by atoms with Crippen molar-refractivity contribution in [3.63, 3.8) is 0 Å². The van der Waals surface area contributed by atoms with Crippen LogP contribution >= 0.6 is 0 Å². The van der Waals surface area contributed by atoms with Crippen molar-refractivity contribution in [1.29, 1.82) is 0 Å². The third-order valence-corrected chi connectivity index (χ3v) is 10.3. The van der Waals surface area contributed by atoms with Gasteiger partial charge in [0.15, 0.2) is 5.82 Å². The van der Waals surface area contributed by atoms with Crippen LogP contribution in [0.25, 0.3) is 56.2 Å². The van der Waals surface area contributed by atoms with Crippen molar-refractivity contribution >= 4 is 0 Å². The zero-order chi connectivity index (χ0) is 41.6. The number of ether oxygens (including phenoxy) is 1. The Balaban J connectivity index is 0.00000585. The minimum Gasteiger partial charge on any atom is -0.497 e. The monoisotopic (exact) mass is 958 g/mol. The summed E-state index contributed by atoms with van der Waals surface area (Å²) in [5, 5.41) is 0. The first-order chi connectivity index (χ1) is 27.3. The van der Waals surface area contributed by atoms with E-state index in [0.29, 0.717) is 17.3 Å². The molecule has 0 bridgehead atoms. The van der Waals surface area contributed by atoms with Gasteiger partial charge >= 0.3 is 21.1 Å². The Labute approximate surface area is 365 Å². The zero-order valence-corrected chi connectivity index (χ0v) is 38.5. The third-order valence-electron chi connectivity index (χ3n) is 10.3. The van der Waals surface area contributed by atoms with Gasteiger partial charge in [0.05, 0.1) is 0 Å². The number of benzene rings is 4. The van der Waals surface area contributed by atoms with Crippen LogP contribution in [0.3, 0.4) is 0 Å². The molecule has 7 rings (SSSR count). The summed E-state index contributed by atoms with van der Waals surface area (Å²) in [4.78, 5) is 24.1. The standard InChI is InChI=1S/C52H53N5O.Pt/c1-32-24-38(35-19-21-36(22-20-35)47-55-48(51(7,8)9)57-49(56-47)52(10,11)12)25-33(2)46(32)43-30-45(54-31-34(43)3)37-16-15-17-41(27-37)58-42-28-39(44-18-13-14-23-53-44)26-40(29-42)50(4,5)6;/h13-26,29-31H,1-12H3;/q-2;+2. The molecule has 59 heavy (non-hydrogen) atoms.